The van der Waals surface area contributed by atoms with Crippen LogP contribution >= 0.6 is 0 Å². The Kier molecular flexibility index (Phi) is 1.26. The number of hydrogen-bond donors (Lipinski definition) is 1. The summed E-state index contributed by atoms with van der Waals surface area (Å²) in [4.78, 5) is 0. The molecule has 2 nitrogen and oxygen atoms in total. The molecular formula is C8H14N2. The van der Waals surface area contributed by atoms with E-state index in [1.807, 2.05) is 6.20 Å². The molecule has 1 rings (SSSR count). The highest BCUT2D eigenvalue weighted by Crippen LogP contribution is 2.22. The van der Waals surface area contributed by atoms with Crippen LogP contribution in [0.15, 0.2) is 6.20 Å². The van der Waals surface area contributed by atoms with E-state index in [-0.39, 0.29) is 12.3 Å². The van der Waals surface area contributed by atoms with Gasteiger partial charge in [0.15, 0.2) is 0 Å². The number of aromatic nitrogens is 2. The van der Waals surface area contributed by atoms with E-state index in [2.05, 4.69) is 31.0 Å². The Morgan fingerprint density at radius 1 is 1.60 bits per heavy atom. The molecule has 0 aliphatic carbocycles. The molecule has 0 aliphatic heterocycles. The second-order valence-corrected chi connectivity index (χ2v) is 3.51. The van der Waals surface area contributed by atoms with E-state index in [0.29, 0.717) is 0 Å². The molecule has 2 heteroatoms. The molecule has 0 aromatic carbocycles. The van der Waals surface area contributed by atoms with Crippen LogP contribution in [0, 0.1) is 6.90 Å². The summed E-state index contributed by atoms with van der Waals surface area (Å²) in [6.45, 7) is 6.65. The van der Waals surface area contributed by atoms with Crippen LogP contribution in [0.2, 0.25) is 0 Å². The fraction of sp³-hybridized carbons (Fsp3) is 0.625. The lowest BCUT2D eigenvalue weighted by Crippen LogP contribution is -2.11. The molecule has 0 saturated carbocycles. The Balaban J connectivity index is 3.02. The average Bonchev–Trinajstić information content (AvgIpc) is 2.31. The number of H-pyrrole nitrogens is 1. The van der Waals surface area contributed by atoms with E-state index < -0.39 is 0 Å². The molecule has 0 saturated heterocycles. The topological polar surface area (TPSA) is 28.7 Å². The van der Waals surface area contributed by atoms with Crippen molar-refractivity contribution in [1.82, 2.24) is 10.2 Å². The van der Waals surface area contributed by atoms with Crippen LogP contribution in [0.1, 0.15) is 33.4 Å². The van der Waals surface area contributed by atoms with Crippen LogP contribution in [0.5, 0.6) is 0 Å². The van der Waals surface area contributed by atoms with Gasteiger partial charge in [-0.15, -0.1) is 0 Å². The molecule has 0 fully saturated rings. The Morgan fingerprint density at radius 3 is 2.70 bits per heavy atom. The van der Waals surface area contributed by atoms with Crippen LogP contribution in [0.25, 0.3) is 0 Å². The maximum absolute atomic E-state index is 7.21. The highest BCUT2D eigenvalue weighted by Gasteiger charge is 2.16. The number of rotatable bonds is 0. The summed E-state index contributed by atoms with van der Waals surface area (Å²) in [7, 11) is 0. The monoisotopic (exact) mass is 140 g/mol. The fourth-order valence-corrected chi connectivity index (χ4v) is 0.959. The summed E-state index contributed by atoms with van der Waals surface area (Å²) < 4.78 is 7.21. The first-order valence-electron chi connectivity index (χ1n) is 4.08. The highest BCUT2D eigenvalue weighted by molar-refractivity contribution is 5.22. The molecule has 0 aliphatic rings. The van der Waals surface area contributed by atoms with E-state index >= 15 is 0 Å². The second kappa shape index (κ2) is 2.11. The minimum absolute atomic E-state index is 0.101. The van der Waals surface area contributed by atoms with Gasteiger partial charge in [-0.05, 0) is 17.9 Å². The van der Waals surface area contributed by atoms with Crippen molar-refractivity contribution in [3.05, 3.63) is 17.5 Å². The van der Waals surface area contributed by atoms with Crippen molar-refractivity contribution in [2.45, 2.75) is 33.1 Å². The number of aromatic amines is 1. The molecule has 1 N–H and O–H groups in total. The minimum Gasteiger partial charge on any atom is -0.283 e. The molecule has 0 atom stereocenters. The van der Waals surface area contributed by atoms with Crippen LogP contribution < -0.4 is 0 Å². The first kappa shape index (κ1) is 5.96. The molecule has 1 aromatic heterocycles. The largest absolute Gasteiger partial charge is 0.283 e. The van der Waals surface area contributed by atoms with Gasteiger partial charge in [-0.2, -0.15) is 5.10 Å². The molecule has 0 spiro atoms. The zero-order valence-corrected chi connectivity index (χ0v) is 6.73. The van der Waals surface area contributed by atoms with Crippen molar-refractivity contribution in [2.24, 2.45) is 0 Å². The summed E-state index contributed by atoms with van der Waals surface area (Å²) in [5.74, 6) is 0. The van der Waals surface area contributed by atoms with Crippen LogP contribution in [-0.4, -0.2) is 10.2 Å². The van der Waals surface area contributed by atoms with Gasteiger partial charge in [0.05, 0.1) is 6.20 Å². The van der Waals surface area contributed by atoms with Gasteiger partial charge in [0.2, 0.25) is 0 Å². The molecule has 0 radical (unpaired) electrons. The smallest absolute Gasteiger partial charge is 0.0527 e. The average molecular weight is 140 g/mol. The Bertz CT molecular complexity index is 234. The first-order valence-corrected chi connectivity index (χ1v) is 3.37. The van der Waals surface area contributed by atoms with Gasteiger partial charge >= 0.3 is 0 Å². The molecule has 1 heterocycles. The lowest BCUT2D eigenvalue weighted by Gasteiger charge is -2.16. The van der Waals surface area contributed by atoms with Crippen LogP contribution in [0.4, 0.5) is 0 Å². The van der Waals surface area contributed by atoms with Crippen LogP contribution in [0.3, 0.4) is 0 Å². The van der Waals surface area contributed by atoms with Gasteiger partial charge in [0, 0.05) is 7.06 Å². The third kappa shape index (κ3) is 1.20. The van der Waals surface area contributed by atoms with Gasteiger partial charge < -0.3 is 0 Å². The predicted molar refractivity (Wildman–Crippen MR) is 42.0 cm³/mol. The highest BCUT2D eigenvalue weighted by atomic mass is 15.1. The quantitative estimate of drug-likeness (QED) is 0.586. The Labute approximate surface area is 63.1 Å². The minimum atomic E-state index is 0.101. The van der Waals surface area contributed by atoms with Gasteiger partial charge in [0.25, 0.3) is 0 Å². The summed E-state index contributed by atoms with van der Waals surface area (Å²) in [6.07, 6.45) is 1.81. The summed E-state index contributed by atoms with van der Waals surface area (Å²) >= 11 is 0. The standard InChI is InChI=1S/C8H14N2/c1-6-7(5-9-10-6)8(2,3)4/h5H,1-4H3,(H,9,10)/i1T. The Hall–Kier alpha value is -0.790. The van der Waals surface area contributed by atoms with Gasteiger partial charge in [-0.1, -0.05) is 20.8 Å². The molecular weight excluding hydrogens is 124 g/mol. The van der Waals surface area contributed by atoms with Gasteiger partial charge in [0.1, 0.15) is 0 Å². The van der Waals surface area contributed by atoms with Gasteiger partial charge in [-0.3, -0.25) is 5.10 Å². The normalized spacial score (nSPS) is 13.3. The maximum Gasteiger partial charge on any atom is 0.0527 e. The third-order valence-corrected chi connectivity index (χ3v) is 1.53. The van der Waals surface area contributed by atoms with E-state index in [0.717, 1.165) is 11.3 Å². The molecule has 0 amide bonds. The zero-order valence-electron chi connectivity index (χ0n) is 7.73. The molecule has 56 valence electrons. The van der Waals surface area contributed by atoms with Crippen molar-refractivity contribution in [1.29, 1.82) is 0 Å². The van der Waals surface area contributed by atoms with E-state index in [4.69, 9.17) is 1.37 Å². The van der Waals surface area contributed by atoms with E-state index in [9.17, 15) is 0 Å². The molecule has 0 bridgehead atoms. The Morgan fingerprint density at radius 2 is 2.30 bits per heavy atom. The third-order valence-electron chi connectivity index (χ3n) is 1.53. The molecule has 0 unspecified atom stereocenters. The number of hydrogen-bond acceptors (Lipinski definition) is 1. The van der Waals surface area contributed by atoms with Crippen molar-refractivity contribution >= 4 is 0 Å². The van der Waals surface area contributed by atoms with Crippen molar-refractivity contribution in [3.8, 4) is 0 Å². The van der Waals surface area contributed by atoms with Crippen molar-refractivity contribution in [2.75, 3.05) is 0 Å². The van der Waals surface area contributed by atoms with Crippen molar-refractivity contribution in [3.63, 3.8) is 0 Å². The second-order valence-electron chi connectivity index (χ2n) is 3.51. The number of nitrogens with one attached hydrogen (secondary N) is 1. The van der Waals surface area contributed by atoms with Crippen LogP contribution in [-0.2, 0) is 5.41 Å². The lowest BCUT2D eigenvalue weighted by molar-refractivity contribution is 0.586. The summed E-state index contributed by atoms with van der Waals surface area (Å²) in [5.41, 5.74) is 2.17. The predicted octanol–water partition coefficient (Wildman–Crippen LogP) is 2.02. The van der Waals surface area contributed by atoms with Gasteiger partial charge in [-0.25, -0.2) is 0 Å². The molecule has 1 aromatic rings. The van der Waals surface area contributed by atoms with E-state index in [1.54, 1.807) is 0 Å². The zero-order chi connectivity index (χ0) is 8.48. The SMILES string of the molecule is [3H]Cc1[nH]ncc1C(C)(C)C. The number of aryl methyl sites for hydroxylation is 1. The first-order chi connectivity index (χ1) is 5.05. The fourth-order valence-electron chi connectivity index (χ4n) is 0.959. The van der Waals surface area contributed by atoms with E-state index in [1.165, 1.54) is 0 Å². The molecule has 10 heavy (non-hydrogen) atoms. The number of nitrogens with zero attached hydrogens (tertiary/aromatic N) is 1. The summed E-state index contributed by atoms with van der Waals surface area (Å²) in [5, 5.41) is 6.74. The van der Waals surface area contributed by atoms with Crippen molar-refractivity contribution < 1.29 is 1.37 Å². The maximum atomic E-state index is 7.21. The lowest BCUT2D eigenvalue weighted by atomic mass is 9.88. The summed E-state index contributed by atoms with van der Waals surface area (Å²) in [6, 6.07) is 0.